The lowest BCUT2D eigenvalue weighted by Gasteiger charge is -2.27. The Morgan fingerprint density at radius 3 is 2.53 bits per heavy atom. The zero-order valence-corrected chi connectivity index (χ0v) is 25.2. The number of nitrogens with one attached hydrogen (secondary N) is 2. The Kier molecular flexibility index (Phi) is 9.50. The van der Waals surface area contributed by atoms with Crippen molar-refractivity contribution in [2.75, 3.05) is 35.8 Å². The summed E-state index contributed by atoms with van der Waals surface area (Å²) in [5, 5.41) is 6.49. The van der Waals surface area contributed by atoms with Gasteiger partial charge < -0.3 is 26.0 Å². The van der Waals surface area contributed by atoms with Crippen LogP contribution in [0.4, 0.5) is 21.6 Å². The van der Waals surface area contributed by atoms with Crippen molar-refractivity contribution in [2.24, 2.45) is 0 Å². The second-order valence-corrected chi connectivity index (χ2v) is 12.2. The van der Waals surface area contributed by atoms with Crippen molar-refractivity contribution in [1.29, 1.82) is 0 Å². The van der Waals surface area contributed by atoms with E-state index in [0.717, 1.165) is 0 Å². The minimum atomic E-state index is -3.65. The average Bonchev–Trinajstić information content (AvgIpc) is 2.95. The van der Waals surface area contributed by atoms with E-state index in [-0.39, 0.29) is 34.3 Å². The summed E-state index contributed by atoms with van der Waals surface area (Å²) in [6, 6.07) is 15.0. The first kappa shape index (κ1) is 31.2. The van der Waals surface area contributed by atoms with Gasteiger partial charge in [0.25, 0.3) is 0 Å². The van der Waals surface area contributed by atoms with Crippen molar-refractivity contribution in [3.8, 4) is 5.75 Å². The number of fused-ring (bicyclic) bond motifs is 1. The highest BCUT2D eigenvalue weighted by Crippen LogP contribution is 2.31. The number of sulfone groups is 1. The summed E-state index contributed by atoms with van der Waals surface area (Å²) >= 11 is 0. The van der Waals surface area contributed by atoms with Crippen LogP contribution in [0.2, 0.25) is 0 Å². The number of hydrogen-bond acceptors (Lipinski definition) is 8. The van der Waals surface area contributed by atoms with E-state index in [9.17, 15) is 18.0 Å². The molecular formula is C31H34FN5O5S. The number of nitrogens with zero attached hydrogens (tertiary/aromatic N) is 2. The number of halogens is 1. The van der Waals surface area contributed by atoms with E-state index >= 15 is 4.39 Å². The summed E-state index contributed by atoms with van der Waals surface area (Å²) in [6.07, 6.45) is 1.47. The Labute approximate surface area is 250 Å². The lowest BCUT2D eigenvalue weighted by molar-refractivity contribution is -0.131. The first-order chi connectivity index (χ1) is 20.4. The molecule has 4 rings (SSSR count). The maximum absolute atomic E-state index is 15.1. The maximum atomic E-state index is 15.1. The van der Waals surface area contributed by atoms with E-state index in [4.69, 9.17) is 10.5 Å². The molecule has 0 fully saturated rings. The molecule has 2 amide bonds. The van der Waals surface area contributed by atoms with Gasteiger partial charge in [-0.15, -0.1) is 0 Å². The zero-order chi connectivity index (χ0) is 31.3. The van der Waals surface area contributed by atoms with Gasteiger partial charge in [-0.3, -0.25) is 9.59 Å². The van der Waals surface area contributed by atoms with Gasteiger partial charge in [-0.25, -0.2) is 17.8 Å². The molecule has 3 aromatic carbocycles. The Hall–Kier alpha value is -4.71. The topological polar surface area (TPSA) is 144 Å². The predicted octanol–water partition coefficient (Wildman–Crippen LogP) is 4.92. The fourth-order valence-corrected chi connectivity index (χ4v) is 5.89. The molecule has 0 saturated carbocycles. The fraction of sp³-hybridized carbons (Fsp3) is 0.258. The van der Waals surface area contributed by atoms with Crippen molar-refractivity contribution in [1.82, 2.24) is 9.88 Å². The molecule has 0 aliphatic heterocycles. The summed E-state index contributed by atoms with van der Waals surface area (Å²) in [7, 11) is -2.10. The summed E-state index contributed by atoms with van der Waals surface area (Å²) in [4.78, 5) is 31.2. The van der Waals surface area contributed by atoms with Crippen molar-refractivity contribution >= 4 is 49.6 Å². The number of carbonyl (C=O) groups is 2. The Morgan fingerprint density at radius 1 is 1.07 bits per heavy atom. The molecule has 4 N–H and O–H groups in total. The fourth-order valence-electron chi connectivity index (χ4n) is 4.78. The third kappa shape index (κ3) is 7.20. The zero-order valence-electron chi connectivity index (χ0n) is 24.3. The number of amides is 2. The molecule has 0 aliphatic carbocycles. The minimum Gasteiger partial charge on any atom is -0.494 e. The van der Waals surface area contributed by atoms with Gasteiger partial charge in [-0.2, -0.15) is 0 Å². The monoisotopic (exact) mass is 607 g/mol. The van der Waals surface area contributed by atoms with E-state index in [1.54, 1.807) is 49.5 Å². The second kappa shape index (κ2) is 13.1. The molecule has 12 heteroatoms. The van der Waals surface area contributed by atoms with Crippen LogP contribution in [-0.2, 0) is 26.0 Å². The Balaban J connectivity index is 1.75. The molecule has 0 aliphatic rings. The number of benzene rings is 3. The molecule has 226 valence electrons. The molecule has 0 radical (unpaired) electrons. The quantitative estimate of drug-likeness (QED) is 0.218. The number of rotatable bonds is 11. The summed E-state index contributed by atoms with van der Waals surface area (Å²) < 4.78 is 46.6. The van der Waals surface area contributed by atoms with Gasteiger partial charge >= 0.3 is 0 Å². The van der Waals surface area contributed by atoms with E-state index < -0.39 is 27.6 Å². The molecular weight excluding hydrogens is 573 g/mol. The number of aromatic nitrogens is 1. The average molecular weight is 608 g/mol. The smallest absolute Gasteiger partial charge is 0.249 e. The van der Waals surface area contributed by atoms with Crippen LogP contribution in [0.1, 0.15) is 37.9 Å². The second-order valence-electron chi connectivity index (χ2n) is 9.94. The van der Waals surface area contributed by atoms with E-state index in [0.29, 0.717) is 40.2 Å². The Morgan fingerprint density at radius 2 is 1.84 bits per heavy atom. The van der Waals surface area contributed by atoms with E-state index in [1.165, 1.54) is 43.1 Å². The van der Waals surface area contributed by atoms with Crippen molar-refractivity contribution in [2.45, 2.75) is 38.3 Å². The number of nitrogens with two attached hydrogens (primary N) is 1. The van der Waals surface area contributed by atoms with Crippen LogP contribution in [0.3, 0.4) is 0 Å². The highest BCUT2D eigenvalue weighted by atomic mass is 32.2. The molecule has 1 heterocycles. The molecule has 0 saturated heterocycles. The largest absolute Gasteiger partial charge is 0.494 e. The number of likely N-dealkylation sites (N-methyl/N-ethyl adjacent to an activating group) is 1. The van der Waals surface area contributed by atoms with Gasteiger partial charge in [0, 0.05) is 38.1 Å². The SMILES string of the molecule is CCOc1cccc(C(Nc2cc(F)c3c(N)nccc3c2)C(=O)N(C)Cc2cc(NC(C)=O)ccc2S(=O)(=O)CC)c1. The van der Waals surface area contributed by atoms with E-state index in [1.807, 2.05) is 6.92 Å². The van der Waals surface area contributed by atoms with Crippen LogP contribution in [0, 0.1) is 5.82 Å². The van der Waals surface area contributed by atoms with Crippen LogP contribution < -0.4 is 21.1 Å². The number of anilines is 3. The summed E-state index contributed by atoms with van der Waals surface area (Å²) in [6.45, 7) is 5.06. The van der Waals surface area contributed by atoms with Crippen molar-refractivity contribution in [3.63, 3.8) is 0 Å². The van der Waals surface area contributed by atoms with E-state index in [2.05, 4.69) is 15.6 Å². The van der Waals surface area contributed by atoms with Crippen LogP contribution in [0.5, 0.6) is 5.75 Å². The third-order valence-electron chi connectivity index (χ3n) is 6.78. The lowest BCUT2D eigenvalue weighted by Crippen LogP contribution is -2.35. The number of hydrogen-bond donors (Lipinski definition) is 3. The van der Waals surface area contributed by atoms with Gasteiger partial charge in [0.05, 0.1) is 22.6 Å². The van der Waals surface area contributed by atoms with Crippen LogP contribution in [-0.4, -0.2) is 49.5 Å². The predicted molar refractivity (Wildman–Crippen MR) is 165 cm³/mol. The van der Waals surface area contributed by atoms with Crippen LogP contribution in [0.25, 0.3) is 10.8 Å². The normalized spacial score (nSPS) is 12.0. The van der Waals surface area contributed by atoms with Gasteiger partial charge in [0.2, 0.25) is 11.8 Å². The highest BCUT2D eigenvalue weighted by molar-refractivity contribution is 7.91. The number of ether oxygens (including phenoxy) is 1. The van der Waals surface area contributed by atoms with Gasteiger partial charge in [-0.05, 0) is 72.0 Å². The van der Waals surface area contributed by atoms with Gasteiger partial charge in [0.15, 0.2) is 9.84 Å². The molecule has 1 atom stereocenters. The third-order valence-corrected chi connectivity index (χ3v) is 8.61. The Bertz CT molecular complexity index is 1780. The molecule has 10 nitrogen and oxygen atoms in total. The molecule has 1 aromatic heterocycles. The van der Waals surface area contributed by atoms with Crippen molar-refractivity contribution < 1.29 is 27.1 Å². The summed E-state index contributed by atoms with van der Waals surface area (Å²) in [5.74, 6) is -0.882. The lowest BCUT2D eigenvalue weighted by atomic mass is 10.0. The van der Waals surface area contributed by atoms with Crippen LogP contribution >= 0.6 is 0 Å². The summed E-state index contributed by atoms with van der Waals surface area (Å²) in [5.41, 5.74) is 7.50. The molecule has 1 unspecified atom stereocenters. The van der Waals surface area contributed by atoms with Crippen LogP contribution in [0.15, 0.2) is 71.8 Å². The molecule has 0 bridgehead atoms. The van der Waals surface area contributed by atoms with Gasteiger partial charge in [0.1, 0.15) is 23.4 Å². The molecule has 4 aromatic rings. The number of pyridine rings is 1. The standard InChI is InChI=1S/C31H34FN5O5S/c1-5-42-25-9-7-8-21(16-25)29(36-24-14-20-12-13-34-30(33)28(20)26(32)17-24)31(39)37(4)18-22-15-23(35-19(3)38)10-11-27(22)43(40,41)6-2/h7-17,29,36H,5-6,18H2,1-4H3,(H2,33,34)(H,35,38). The minimum absolute atomic E-state index is 0.0534. The maximum Gasteiger partial charge on any atom is 0.249 e. The number of nitrogen functional groups attached to an aromatic ring is 1. The molecule has 0 spiro atoms. The first-order valence-corrected chi connectivity index (χ1v) is 15.3. The highest BCUT2D eigenvalue weighted by Gasteiger charge is 2.27. The molecule has 43 heavy (non-hydrogen) atoms. The first-order valence-electron chi connectivity index (χ1n) is 13.6. The van der Waals surface area contributed by atoms with Crippen molar-refractivity contribution in [3.05, 3.63) is 83.8 Å². The van der Waals surface area contributed by atoms with Gasteiger partial charge in [-0.1, -0.05) is 19.1 Å². The number of carbonyl (C=O) groups excluding carboxylic acids is 2.